The van der Waals surface area contributed by atoms with Gasteiger partial charge in [0.2, 0.25) is 5.91 Å². The van der Waals surface area contributed by atoms with Crippen LogP contribution in [0.2, 0.25) is 0 Å². The van der Waals surface area contributed by atoms with Crippen molar-refractivity contribution in [2.75, 3.05) is 18.4 Å². The Kier molecular flexibility index (Phi) is 4.72. The molecule has 0 saturated carbocycles. The van der Waals surface area contributed by atoms with Gasteiger partial charge >= 0.3 is 0 Å². The van der Waals surface area contributed by atoms with Gasteiger partial charge in [0, 0.05) is 18.8 Å². The Bertz CT molecular complexity index is 516. The molecule has 1 aliphatic rings. The van der Waals surface area contributed by atoms with Crippen LogP contribution in [0.25, 0.3) is 0 Å². The van der Waals surface area contributed by atoms with Crippen molar-refractivity contribution in [2.24, 2.45) is 0 Å². The van der Waals surface area contributed by atoms with Crippen LogP contribution in [0.15, 0.2) is 24.3 Å². The molecular weight excluding hydrogens is 254 g/mol. The second-order valence-electron chi connectivity index (χ2n) is 5.12. The van der Waals surface area contributed by atoms with Gasteiger partial charge in [-0.2, -0.15) is 5.26 Å². The van der Waals surface area contributed by atoms with Crippen LogP contribution >= 0.6 is 0 Å². The summed E-state index contributed by atoms with van der Waals surface area (Å²) in [6, 6.07) is 8.68. The van der Waals surface area contributed by atoms with Crippen LogP contribution in [-0.4, -0.2) is 41.1 Å². The lowest BCUT2D eigenvalue weighted by molar-refractivity contribution is -0.121. The number of carbonyl (C=O) groups is 1. The van der Waals surface area contributed by atoms with Crippen molar-refractivity contribution >= 4 is 11.6 Å². The number of nitrogens with one attached hydrogen (secondary N) is 1. The maximum atomic E-state index is 12.2. The molecule has 1 fully saturated rings. The number of amides is 1. The molecule has 0 spiro atoms. The SMILES string of the molecule is CC(C(=O)Nc1cccc(C#N)c1)N1CCC(O)CC1. The number of piperidine rings is 1. The van der Waals surface area contributed by atoms with Gasteiger partial charge in [-0.1, -0.05) is 6.07 Å². The Morgan fingerprint density at radius 2 is 2.20 bits per heavy atom. The summed E-state index contributed by atoms with van der Waals surface area (Å²) in [6.45, 7) is 3.32. The quantitative estimate of drug-likeness (QED) is 0.871. The first-order chi connectivity index (χ1) is 9.60. The fourth-order valence-electron chi connectivity index (χ4n) is 2.35. The highest BCUT2D eigenvalue weighted by molar-refractivity contribution is 5.94. The molecule has 0 aliphatic carbocycles. The van der Waals surface area contributed by atoms with Gasteiger partial charge in [0.15, 0.2) is 0 Å². The normalized spacial score (nSPS) is 18.2. The lowest BCUT2D eigenvalue weighted by Crippen LogP contribution is -2.47. The number of anilines is 1. The van der Waals surface area contributed by atoms with Crippen LogP contribution in [0.1, 0.15) is 25.3 Å². The third kappa shape index (κ3) is 3.56. The number of nitrogens with zero attached hydrogens (tertiary/aromatic N) is 2. The van der Waals surface area contributed by atoms with Gasteiger partial charge in [0.25, 0.3) is 0 Å². The summed E-state index contributed by atoms with van der Waals surface area (Å²) in [4.78, 5) is 14.3. The molecule has 5 heteroatoms. The minimum Gasteiger partial charge on any atom is -0.393 e. The molecule has 106 valence electrons. The van der Waals surface area contributed by atoms with Crippen molar-refractivity contribution in [1.29, 1.82) is 5.26 Å². The molecule has 1 amide bonds. The van der Waals surface area contributed by atoms with Crippen molar-refractivity contribution in [3.05, 3.63) is 29.8 Å². The van der Waals surface area contributed by atoms with Crippen LogP contribution in [0, 0.1) is 11.3 Å². The lowest BCUT2D eigenvalue weighted by atomic mass is 10.1. The zero-order valence-electron chi connectivity index (χ0n) is 11.5. The van der Waals surface area contributed by atoms with E-state index >= 15 is 0 Å². The van der Waals surface area contributed by atoms with Crippen molar-refractivity contribution < 1.29 is 9.90 Å². The summed E-state index contributed by atoms with van der Waals surface area (Å²) >= 11 is 0. The molecular formula is C15H19N3O2. The van der Waals surface area contributed by atoms with E-state index in [0.29, 0.717) is 24.1 Å². The van der Waals surface area contributed by atoms with Gasteiger partial charge in [-0.3, -0.25) is 9.69 Å². The minimum atomic E-state index is -0.242. The highest BCUT2D eigenvalue weighted by Gasteiger charge is 2.25. The van der Waals surface area contributed by atoms with Gasteiger partial charge in [-0.05, 0) is 38.0 Å². The van der Waals surface area contributed by atoms with Crippen LogP contribution in [0.5, 0.6) is 0 Å². The Balaban J connectivity index is 1.95. The van der Waals surface area contributed by atoms with Crippen molar-refractivity contribution in [3.8, 4) is 6.07 Å². The van der Waals surface area contributed by atoms with Crippen LogP contribution in [0.4, 0.5) is 5.69 Å². The zero-order chi connectivity index (χ0) is 14.5. The lowest BCUT2D eigenvalue weighted by Gasteiger charge is -2.33. The Morgan fingerprint density at radius 1 is 1.50 bits per heavy atom. The van der Waals surface area contributed by atoms with E-state index in [1.54, 1.807) is 24.3 Å². The maximum Gasteiger partial charge on any atom is 0.241 e. The summed E-state index contributed by atoms with van der Waals surface area (Å²) in [5.41, 5.74) is 1.16. The van der Waals surface area contributed by atoms with E-state index in [4.69, 9.17) is 5.26 Å². The van der Waals surface area contributed by atoms with E-state index in [-0.39, 0.29) is 18.1 Å². The first-order valence-electron chi connectivity index (χ1n) is 6.83. The Morgan fingerprint density at radius 3 is 2.85 bits per heavy atom. The second-order valence-corrected chi connectivity index (χ2v) is 5.12. The largest absolute Gasteiger partial charge is 0.393 e. The molecule has 1 aliphatic heterocycles. The fourth-order valence-corrected chi connectivity index (χ4v) is 2.35. The molecule has 1 atom stereocenters. The number of aliphatic hydroxyl groups is 1. The van der Waals surface area contributed by atoms with E-state index in [2.05, 4.69) is 10.2 Å². The molecule has 1 unspecified atom stereocenters. The molecule has 1 aromatic carbocycles. The van der Waals surface area contributed by atoms with E-state index in [0.717, 1.165) is 13.1 Å². The second kappa shape index (κ2) is 6.51. The van der Waals surface area contributed by atoms with E-state index in [1.807, 2.05) is 13.0 Å². The van der Waals surface area contributed by atoms with Crippen LogP contribution < -0.4 is 5.32 Å². The molecule has 1 heterocycles. The highest BCUT2D eigenvalue weighted by Crippen LogP contribution is 2.15. The minimum absolute atomic E-state index is 0.0866. The molecule has 2 N–H and O–H groups in total. The zero-order valence-corrected chi connectivity index (χ0v) is 11.5. The molecule has 1 aromatic rings. The molecule has 20 heavy (non-hydrogen) atoms. The van der Waals surface area contributed by atoms with E-state index in [9.17, 15) is 9.90 Å². The van der Waals surface area contributed by atoms with Crippen LogP contribution in [0.3, 0.4) is 0 Å². The number of hydrogen-bond donors (Lipinski definition) is 2. The third-order valence-corrected chi connectivity index (χ3v) is 3.69. The molecule has 0 radical (unpaired) electrons. The number of likely N-dealkylation sites (tertiary alicyclic amines) is 1. The summed E-state index contributed by atoms with van der Waals surface area (Å²) in [5, 5.41) is 21.2. The fraction of sp³-hybridized carbons (Fsp3) is 0.467. The summed E-state index contributed by atoms with van der Waals surface area (Å²) in [7, 11) is 0. The predicted molar refractivity (Wildman–Crippen MR) is 76.1 cm³/mol. The molecule has 5 nitrogen and oxygen atoms in total. The molecule has 2 rings (SSSR count). The summed E-state index contributed by atoms with van der Waals surface area (Å²) in [5.74, 6) is -0.0866. The number of benzene rings is 1. The van der Waals surface area contributed by atoms with Crippen molar-refractivity contribution in [1.82, 2.24) is 4.90 Å². The van der Waals surface area contributed by atoms with E-state index < -0.39 is 0 Å². The number of carbonyl (C=O) groups excluding carboxylic acids is 1. The average Bonchev–Trinajstić information content (AvgIpc) is 2.47. The first-order valence-corrected chi connectivity index (χ1v) is 6.83. The van der Waals surface area contributed by atoms with Gasteiger partial charge in [-0.25, -0.2) is 0 Å². The van der Waals surface area contributed by atoms with Crippen molar-refractivity contribution in [2.45, 2.75) is 31.9 Å². The van der Waals surface area contributed by atoms with Crippen LogP contribution in [-0.2, 0) is 4.79 Å². The van der Waals surface area contributed by atoms with Gasteiger partial charge in [0.1, 0.15) is 0 Å². The standard InChI is InChI=1S/C15H19N3O2/c1-11(18-7-5-14(19)6-8-18)15(20)17-13-4-2-3-12(9-13)10-16/h2-4,9,11,14,19H,5-8H2,1H3,(H,17,20). The Labute approximate surface area is 118 Å². The summed E-state index contributed by atoms with van der Waals surface area (Å²) < 4.78 is 0. The Hall–Kier alpha value is -1.90. The van der Waals surface area contributed by atoms with Gasteiger partial charge in [0.05, 0.1) is 23.8 Å². The summed E-state index contributed by atoms with van der Waals surface area (Å²) in [6.07, 6.45) is 1.18. The number of hydrogen-bond acceptors (Lipinski definition) is 4. The average molecular weight is 273 g/mol. The highest BCUT2D eigenvalue weighted by atomic mass is 16.3. The van der Waals surface area contributed by atoms with E-state index in [1.165, 1.54) is 0 Å². The van der Waals surface area contributed by atoms with Crippen molar-refractivity contribution in [3.63, 3.8) is 0 Å². The maximum absolute atomic E-state index is 12.2. The monoisotopic (exact) mass is 273 g/mol. The predicted octanol–water partition coefficient (Wildman–Crippen LogP) is 1.34. The smallest absolute Gasteiger partial charge is 0.241 e. The number of aliphatic hydroxyl groups excluding tert-OH is 1. The first kappa shape index (κ1) is 14.5. The van der Waals surface area contributed by atoms with Gasteiger partial charge in [-0.15, -0.1) is 0 Å². The molecule has 1 saturated heterocycles. The molecule has 0 bridgehead atoms. The topological polar surface area (TPSA) is 76.4 Å². The number of nitriles is 1. The molecule has 0 aromatic heterocycles. The van der Waals surface area contributed by atoms with Gasteiger partial charge < -0.3 is 10.4 Å². The third-order valence-electron chi connectivity index (χ3n) is 3.69. The number of rotatable bonds is 3.